The maximum absolute atomic E-state index is 11.8. The van der Waals surface area contributed by atoms with Gasteiger partial charge in [0.05, 0.1) is 19.2 Å². The van der Waals surface area contributed by atoms with Crippen LogP contribution in [0.2, 0.25) is 0 Å². The van der Waals surface area contributed by atoms with Gasteiger partial charge in [-0.05, 0) is 31.5 Å². The van der Waals surface area contributed by atoms with Crippen molar-refractivity contribution < 1.29 is 9.53 Å². The third-order valence-corrected chi connectivity index (χ3v) is 2.92. The first kappa shape index (κ1) is 17.0. The largest absolute Gasteiger partial charge is 0.495 e. The highest BCUT2D eigenvalue weighted by atomic mass is 16.5. The second-order valence-corrected chi connectivity index (χ2v) is 4.57. The number of amides is 1. The summed E-state index contributed by atoms with van der Waals surface area (Å²) in [6, 6.07) is 5.38. The zero-order valence-electron chi connectivity index (χ0n) is 12.4. The second kappa shape index (κ2) is 9.81. The molecule has 5 N–H and O–H groups in total. The Hall–Kier alpha value is -2.03. The predicted octanol–water partition coefficient (Wildman–Crippen LogP) is 1.46. The molecule has 0 bridgehead atoms. The van der Waals surface area contributed by atoms with Crippen molar-refractivity contribution in [3.05, 3.63) is 23.8 Å². The smallest absolute Gasteiger partial charge is 0.224 e. The van der Waals surface area contributed by atoms with Crippen LogP contribution in [-0.4, -0.2) is 26.1 Å². The van der Waals surface area contributed by atoms with Gasteiger partial charge in [0, 0.05) is 18.2 Å². The van der Waals surface area contributed by atoms with Gasteiger partial charge in [-0.15, -0.1) is 0 Å². The number of anilines is 1. The highest BCUT2D eigenvalue weighted by Crippen LogP contribution is 2.22. The number of methoxy groups -OCH3 is 1. The Labute approximate surface area is 126 Å². The molecule has 0 aliphatic carbocycles. The third-order valence-electron chi connectivity index (χ3n) is 2.92. The minimum absolute atomic E-state index is 0.00475. The molecule has 1 amide bonds. The molecule has 0 aliphatic rings. The fraction of sp³-hybridized carbons (Fsp3) is 0.438. The van der Waals surface area contributed by atoms with Gasteiger partial charge in [0.15, 0.2) is 0 Å². The minimum atomic E-state index is -0.00475. The lowest BCUT2D eigenvalue weighted by Gasteiger charge is -2.09. The van der Waals surface area contributed by atoms with Crippen LogP contribution in [0.25, 0.3) is 0 Å². The molecule has 1 rings (SSSR count). The van der Waals surface area contributed by atoms with E-state index in [-0.39, 0.29) is 5.91 Å². The second-order valence-electron chi connectivity index (χ2n) is 4.57. The van der Waals surface area contributed by atoms with Crippen molar-refractivity contribution in [1.82, 2.24) is 0 Å². The molecule has 0 atom stereocenters. The first-order valence-corrected chi connectivity index (χ1v) is 7.08. The minimum Gasteiger partial charge on any atom is -0.495 e. The van der Waals surface area contributed by atoms with Crippen LogP contribution in [0.5, 0.6) is 5.75 Å². The number of carbonyl (C=O) groups excluding carboxylic acids is 1. The maximum atomic E-state index is 11.8. The van der Waals surface area contributed by atoms with E-state index in [1.54, 1.807) is 19.2 Å². The first-order valence-electron chi connectivity index (χ1n) is 7.08. The van der Waals surface area contributed by atoms with E-state index >= 15 is 0 Å². The first-order chi connectivity index (χ1) is 10.2. The van der Waals surface area contributed by atoms with Crippen molar-refractivity contribution >= 4 is 11.6 Å². The van der Waals surface area contributed by atoms with Gasteiger partial charge < -0.3 is 21.5 Å². The Morgan fingerprint density at radius 2 is 2.10 bits per heavy atom. The Morgan fingerprint density at radius 1 is 1.29 bits per heavy atom. The molecule has 1 aromatic rings. The van der Waals surface area contributed by atoms with E-state index < -0.39 is 0 Å². The molecule has 0 radical (unpaired) electrons. The Kier molecular flexibility index (Phi) is 7.95. The van der Waals surface area contributed by atoms with Gasteiger partial charge >= 0.3 is 0 Å². The number of benzene rings is 1. The zero-order chi connectivity index (χ0) is 15.5. The van der Waals surface area contributed by atoms with Gasteiger partial charge in [-0.2, -0.15) is 0 Å². The maximum Gasteiger partial charge on any atom is 0.224 e. The molecule has 5 nitrogen and oxygen atoms in total. The summed E-state index contributed by atoms with van der Waals surface area (Å²) in [5.41, 5.74) is 12.2. The molecule has 0 aliphatic heterocycles. The number of hydrogen-bond acceptors (Lipinski definition) is 4. The fourth-order valence-electron chi connectivity index (χ4n) is 1.85. The third kappa shape index (κ3) is 6.30. The molecule has 0 unspecified atom stereocenters. The predicted molar refractivity (Wildman–Crippen MR) is 85.1 cm³/mol. The summed E-state index contributed by atoms with van der Waals surface area (Å²) in [4.78, 5) is 11.8. The average molecular weight is 289 g/mol. The summed E-state index contributed by atoms with van der Waals surface area (Å²) < 4.78 is 5.27. The number of nitrogens with one attached hydrogen (secondary N) is 1. The molecule has 0 fully saturated rings. The molecule has 0 saturated heterocycles. The topological polar surface area (TPSA) is 90.4 Å². The summed E-state index contributed by atoms with van der Waals surface area (Å²) in [6.07, 6.45) is 3.27. The van der Waals surface area contributed by atoms with E-state index in [1.165, 1.54) is 0 Å². The molecular weight excluding hydrogens is 266 g/mol. The van der Waals surface area contributed by atoms with Crippen molar-refractivity contribution in [2.75, 3.05) is 25.5 Å². The summed E-state index contributed by atoms with van der Waals surface area (Å²) in [6.45, 7) is 0.967. The van der Waals surface area contributed by atoms with Gasteiger partial charge in [-0.1, -0.05) is 18.3 Å². The Balaban J connectivity index is 2.61. The van der Waals surface area contributed by atoms with Crippen LogP contribution in [0.15, 0.2) is 18.2 Å². The molecule has 0 saturated carbocycles. The summed E-state index contributed by atoms with van der Waals surface area (Å²) >= 11 is 0. The van der Waals surface area contributed by atoms with Crippen molar-refractivity contribution in [3.63, 3.8) is 0 Å². The average Bonchev–Trinajstić information content (AvgIpc) is 2.50. The zero-order valence-corrected chi connectivity index (χ0v) is 12.4. The lowest BCUT2D eigenvalue weighted by Crippen LogP contribution is -2.11. The highest BCUT2D eigenvalue weighted by Gasteiger charge is 2.06. The molecule has 0 heterocycles. The van der Waals surface area contributed by atoms with Gasteiger partial charge in [-0.3, -0.25) is 4.79 Å². The molecule has 0 aromatic heterocycles. The van der Waals surface area contributed by atoms with Crippen LogP contribution < -0.4 is 21.5 Å². The van der Waals surface area contributed by atoms with Crippen LogP contribution in [0, 0.1) is 11.8 Å². The standard InChI is InChI=1S/C16H23N3O2/c1-21-15-12-14(9-8-13(15)6-5-11-18)19-16(20)7-3-2-4-10-17/h8-9,12H,2-4,7,10-11,17-18H2,1H3,(H,19,20). The summed E-state index contributed by atoms with van der Waals surface area (Å²) in [5.74, 6) is 6.33. The molecule has 0 spiro atoms. The van der Waals surface area contributed by atoms with Gasteiger partial charge in [0.1, 0.15) is 5.75 Å². The number of ether oxygens (including phenoxy) is 1. The van der Waals surface area contributed by atoms with Gasteiger partial charge in [-0.25, -0.2) is 0 Å². The van der Waals surface area contributed by atoms with E-state index in [0.29, 0.717) is 30.9 Å². The lowest BCUT2D eigenvalue weighted by molar-refractivity contribution is -0.116. The van der Waals surface area contributed by atoms with Crippen molar-refractivity contribution in [2.24, 2.45) is 11.5 Å². The van der Waals surface area contributed by atoms with E-state index in [1.807, 2.05) is 6.07 Å². The monoisotopic (exact) mass is 289 g/mol. The van der Waals surface area contributed by atoms with Crippen LogP contribution in [0.3, 0.4) is 0 Å². The van der Waals surface area contributed by atoms with Gasteiger partial charge in [0.2, 0.25) is 5.91 Å². The highest BCUT2D eigenvalue weighted by molar-refractivity contribution is 5.91. The lowest BCUT2D eigenvalue weighted by atomic mass is 10.1. The SMILES string of the molecule is COc1cc(NC(=O)CCCCCN)ccc1C#CCN. The quantitative estimate of drug-likeness (QED) is 0.523. The number of nitrogens with two attached hydrogens (primary N) is 2. The van der Waals surface area contributed by atoms with Crippen LogP contribution in [0.4, 0.5) is 5.69 Å². The fourth-order valence-corrected chi connectivity index (χ4v) is 1.85. The van der Waals surface area contributed by atoms with E-state index in [9.17, 15) is 4.79 Å². The number of rotatable bonds is 7. The van der Waals surface area contributed by atoms with Crippen molar-refractivity contribution in [1.29, 1.82) is 0 Å². The van der Waals surface area contributed by atoms with E-state index in [2.05, 4.69) is 17.2 Å². The molecular formula is C16H23N3O2. The number of hydrogen-bond donors (Lipinski definition) is 3. The normalized spacial score (nSPS) is 9.67. The summed E-state index contributed by atoms with van der Waals surface area (Å²) in [7, 11) is 1.57. The Morgan fingerprint density at radius 3 is 2.76 bits per heavy atom. The van der Waals surface area contributed by atoms with Crippen LogP contribution >= 0.6 is 0 Å². The molecule has 5 heteroatoms. The van der Waals surface area contributed by atoms with E-state index in [4.69, 9.17) is 16.2 Å². The number of carbonyl (C=O) groups is 1. The van der Waals surface area contributed by atoms with E-state index in [0.717, 1.165) is 24.8 Å². The van der Waals surface area contributed by atoms with Crippen molar-refractivity contribution in [3.8, 4) is 17.6 Å². The molecule has 1 aromatic carbocycles. The van der Waals surface area contributed by atoms with Crippen LogP contribution in [0.1, 0.15) is 31.2 Å². The summed E-state index contributed by atoms with van der Waals surface area (Å²) in [5, 5.41) is 2.85. The Bertz CT molecular complexity index is 518. The molecule has 21 heavy (non-hydrogen) atoms. The molecule has 114 valence electrons. The van der Waals surface area contributed by atoms with Crippen LogP contribution in [-0.2, 0) is 4.79 Å². The number of unbranched alkanes of at least 4 members (excludes halogenated alkanes) is 2. The van der Waals surface area contributed by atoms with Gasteiger partial charge in [0.25, 0.3) is 0 Å². The van der Waals surface area contributed by atoms with Crippen molar-refractivity contribution in [2.45, 2.75) is 25.7 Å².